The highest BCUT2D eigenvalue weighted by molar-refractivity contribution is 7.14. The van der Waals surface area contributed by atoms with Gasteiger partial charge in [-0.05, 0) is 50.4 Å². The van der Waals surface area contributed by atoms with E-state index in [0.29, 0.717) is 6.04 Å². The first-order chi connectivity index (χ1) is 12.2. The second kappa shape index (κ2) is 11.3. The second-order valence-corrected chi connectivity index (χ2v) is 7.43. The Morgan fingerprint density at radius 3 is 2.84 bits per heavy atom. The molecule has 1 fully saturated rings. The normalized spacial score (nSPS) is 16.5. The van der Waals surface area contributed by atoms with Crippen LogP contribution >= 0.6 is 11.3 Å². The molecule has 6 nitrogen and oxygen atoms in total. The maximum absolute atomic E-state index is 5.10. The highest BCUT2D eigenvalue weighted by Gasteiger charge is 2.20. The maximum Gasteiger partial charge on any atom is 0.191 e. The Hall–Kier alpha value is -1.31. The molecule has 142 valence electrons. The molecule has 0 amide bonds. The molecule has 1 aromatic rings. The molecule has 1 aromatic heterocycles. The average molecular weight is 368 g/mol. The monoisotopic (exact) mass is 367 g/mol. The van der Waals surface area contributed by atoms with Gasteiger partial charge in [0, 0.05) is 46.4 Å². The number of methoxy groups -OCH3 is 1. The van der Waals surface area contributed by atoms with Crippen LogP contribution in [0, 0.1) is 0 Å². The molecule has 7 heteroatoms. The van der Waals surface area contributed by atoms with Crippen LogP contribution < -0.4 is 15.5 Å². The SMILES string of the molecule is CN=C(NCCCN(C)CCOC)NC1CCN(c2cccs2)CC1. The van der Waals surface area contributed by atoms with E-state index in [9.17, 15) is 0 Å². The number of nitrogens with zero attached hydrogens (tertiary/aromatic N) is 3. The average Bonchev–Trinajstić information content (AvgIpc) is 3.17. The zero-order valence-corrected chi connectivity index (χ0v) is 16.6. The summed E-state index contributed by atoms with van der Waals surface area (Å²) < 4.78 is 5.10. The summed E-state index contributed by atoms with van der Waals surface area (Å²) in [6.45, 7) is 5.99. The molecule has 0 radical (unpaired) electrons. The number of nitrogens with one attached hydrogen (secondary N) is 2. The van der Waals surface area contributed by atoms with E-state index >= 15 is 0 Å². The Balaban J connectivity index is 1.60. The molecule has 0 atom stereocenters. The van der Waals surface area contributed by atoms with Crippen LogP contribution in [0.4, 0.5) is 5.00 Å². The molecule has 0 aliphatic carbocycles. The number of hydrogen-bond donors (Lipinski definition) is 2. The predicted molar refractivity (Wildman–Crippen MR) is 108 cm³/mol. The molecular weight excluding hydrogens is 334 g/mol. The Kier molecular flexibility index (Phi) is 9.07. The van der Waals surface area contributed by atoms with Gasteiger partial charge in [0.15, 0.2) is 5.96 Å². The fourth-order valence-electron chi connectivity index (χ4n) is 3.00. The Labute approximate surface area is 156 Å². The van der Waals surface area contributed by atoms with Crippen LogP contribution in [0.15, 0.2) is 22.5 Å². The lowest BCUT2D eigenvalue weighted by Gasteiger charge is -2.33. The van der Waals surface area contributed by atoms with E-state index in [1.807, 2.05) is 18.4 Å². The summed E-state index contributed by atoms with van der Waals surface area (Å²) in [7, 11) is 5.73. The lowest BCUT2D eigenvalue weighted by molar-refractivity contribution is 0.161. The van der Waals surface area contributed by atoms with Gasteiger partial charge in [-0.25, -0.2) is 0 Å². The summed E-state index contributed by atoms with van der Waals surface area (Å²) in [5.41, 5.74) is 0. The van der Waals surface area contributed by atoms with Crippen molar-refractivity contribution < 1.29 is 4.74 Å². The molecule has 0 bridgehead atoms. The number of likely N-dealkylation sites (N-methyl/N-ethyl adjacent to an activating group) is 1. The largest absolute Gasteiger partial charge is 0.383 e. The predicted octanol–water partition coefficient (Wildman–Crippen LogP) is 1.85. The van der Waals surface area contributed by atoms with E-state index in [1.54, 1.807) is 7.11 Å². The summed E-state index contributed by atoms with van der Waals surface area (Å²) >= 11 is 1.83. The molecular formula is C18H33N5OS. The van der Waals surface area contributed by atoms with Crippen LogP contribution in [-0.2, 0) is 4.74 Å². The second-order valence-electron chi connectivity index (χ2n) is 6.51. The van der Waals surface area contributed by atoms with Crippen molar-refractivity contribution in [2.75, 3.05) is 65.4 Å². The van der Waals surface area contributed by atoms with Crippen LogP contribution in [0.3, 0.4) is 0 Å². The summed E-state index contributed by atoms with van der Waals surface area (Å²) in [6.07, 6.45) is 3.40. The van der Waals surface area contributed by atoms with Gasteiger partial charge in [-0.15, -0.1) is 11.3 Å². The van der Waals surface area contributed by atoms with Gasteiger partial charge >= 0.3 is 0 Å². The number of rotatable bonds is 9. The van der Waals surface area contributed by atoms with E-state index in [4.69, 9.17) is 4.74 Å². The minimum atomic E-state index is 0.506. The first-order valence-electron chi connectivity index (χ1n) is 9.16. The molecule has 1 aliphatic heterocycles. The zero-order chi connectivity index (χ0) is 17.9. The molecule has 0 spiro atoms. The molecule has 1 saturated heterocycles. The van der Waals surface area contributed by atoms with Crippen molar-refractivity contribution in [2.45, 2.75) is 25.3 Å². The summed E-state index contributed by atoms with van der Waals surface area (Å²) in [5, 5.41) is 10.6. The molecule has 2 N–H and O–H groups in total. The number of thiophene rings is 1. The Bertz CT molecular complexity index is 486. The minimum Gasteiger partial charge on any atom is -0.383 e. The van der Waals surface area contributed by atoms with Gasteiger partial charge in [-0.3, -0.25) is 4.99 Å². The van der Waals surface area contributed by atoms with Crippen molar-refractivity contribution >= 4 is 22.3 Å². The standard InChI is InChI=1S/C18H33N5OS/c1-19-18(20-9-5-10-22(2)13-14-24-3)21-16-7-11-23(12-8-16)17-6-4-15-25-17/h4,6,15-16H,5,7-14H2,1-3H3,(H2,19,20,21). The van der Waals surface area contributed by atoms with Gasteiger partial charge in [0.25, 0.3) is 0 Å². The van der Waals surface area contributed by atoms with Crippen LogP contribution in [0.1, 0.15) is 19.3 Å². The van der Waals surface area contributed by atoms with Gasteiger partial charge < -0.3 is 25.2 Å². The van der Waals surface area contributed by atoms with Gasteiger partial charge in [0.1, 0.15) is 0 Å². The highest BCUT2D eigenvalue weighted by Crippen LogP contribution is 2.24. The van der Waals surface area contributed by atoms with Crippen LogP contribution in [0.25, 0.3) is 0 Å². The van der Waals surface area contributed by atoms with E-state index in [0.717, 1.165) is 64.6 Å². The fraction of sp³-hybridized carbons (Fsp3) is 0.722. The third kappa shape index (κ3) is 7.22. The molecule has 1 aliphatic rings. The van der Waals surface area contributed by atoms with E-state index in [-0.39, 0.29) is 0 Å². The van der Waals surface area contributed by atoms with Crippen molar-refractivity contribution in [3.63, 3.8) is 0 Å². The van der Waals surface area contributed by atoms with E-state index in [1.165, 1.54) is 5.00 Å². The first kappa shape index (κ1) is 20.0. The van der Waals surface area contributed by atoms with Crippen molar-refractivity contribution in [2.24, 2.45) is 4.99 Å². The molecule has 2 rings (SSSR count). The molecule has 0 saturated carbocycles. The number of ether oxygens (including phenoxy) is 1. The number of piperidine rings is 1. The van der Waals surface area contributed by atoms with Crippen LogP contribution in [-0.4, -0.2) is 77.4 Å². The highest BCUT2D eigenvalue weighted by atomic mass is 32.1. The topological polar surface area (TPSA) is 52.1 Å². The maximum atomic E-state index is 5.10. The zero-order valence-electron chi connectivity index (χ0n) is 15.8. The molecule has 2 heterocycles. The number of hydrogen-bond acceptors (Lipinski definition) is 5. The van der Waals surface area contributed by atoms with Crippen LogP contribution in [0.2, 0.25) is 0 Å². The Morgan fingerprint density at radius 2 is 2.20 bits per heavy atom. The first-order valence-corrected chi connectivity index (χ1v) is 10.0. The number of aliphatic imine (C=N–C) groups is 1. The van der Waals surface area contributed by atoms with Crippen molar-refractivity contribution in [1.82, 2.24) is 15.5 Å². The van der Waals surface area contributed by atoms with Crippen molar-refractivity contribution in [1.29, 1.82) is 0 Å². The van der Waals surface area contributed by atoms with Gasteiger partial charge in [0.05, 0.1) is 11.6 Å². The summed E-state index contributed by atoms with van der Waals surface area (Å²) in [5.74, 6) is 0.925. The lowest BCUT2D eigenvalue weighted by atomic mass is 10.1. The van der Waals surface area contributed by atoms with Crippen LogP contribution in [0.5, 0.6) is 0 Å². The quantitative estimate of drug-likeness (QED) is 0.396. The lowest BCUT2D eigenvalue weighted by Crippen LogP contribution is -2.49. The molecule has 0 aromatic carbocycles. The summed E-state index contributed by atoms with van der Waals surface area (Å²) in [6, 6.07) is 4.84. The number of anilines is 1. The van der Waals surface area contributed by atoms with Gasteiger partial charge in [-0.1, -0.05) is 0 Å². The minimum absolute atomic E-state index is 0.506. The third-order valence-electron chi connectivity index (χ3n) is 4.56. The van der Waals surface area contributed by atoms with Crippen molar-refractivity contribution in [3.8, 4) is 0 Å². The summed E-state index contributed by atoms with van der Waals surface area (Å²) in [4.78, 5) is 9.14. The fourth-order valence-corrected chi connectivity index (χ4v) is 3.78. The Morgan fingerprint density at radius 1 is 1.40 bits per heavy atom. The smallest absolute Gasteiger partial charge is 0.191 e. The molecule has 25 heavy (non-hydrogen) atoms. The number of guanidine groups is 1. The van der Waals surface area contributed by atoms with Gasteiger partial charge in [-0.2, -0.15) is 0 Å². The molecule has 0 unspecified atom stereocenters. The van der Waals surface area contributed by atoms with E-state index < -0.39 is 0 Å². The third-order valence-corrected chi connectivity index (χ3v) is 5.49. The van der Waals surface area contributed by atoms with Gasteiger partial charge in [0.2, 0.25) is 0 Å². The van der Waals surface area contributed by atoms with Crippen molar-refractivity contribution in [3.05, 3.63) is 17.5 Å². The van der Waals surface area contributed by atoms with E-state index in [2.05, 4.69) is 50.0 Å².